The van der Waals surface area contributed by atoms with Crippen molar-refractivity contribution in [1.29, 1.82) is 0 Å². The van der Waals surface area contributed by atoms with E-state index in [1.54, 1.807) is 0 Å². The van der Waals surface area contributed by atoms with Gasteiger partial charge in [0, 0.05) is 0 Å². The Morgan fingerprint density at radius 1 is 1.50 bits per heavy atom. The zero-order valence-electron chi connectivity index (χ0n) is 6.17. The van der Waals surface area contributed by atoms with Crippen molar-refractivity contribution in [2.24, 2.45) is 11.8 Å². The van der Waals surface area contributed by atoms with Crippen LogP contribution < -0.4 is 0 Å². The third-order valence-corrected chi connectivity index (χ3v) is 2.69. The van der Waals surface area contributed by atoms with Gasteiger partial charge in [0.25, 0.3) is 0 Å². The Hall–Kier alpha value is -0.530. The molecule has 0 radical (unpaired) electrons. The van der Waals surface area contributed by atoms with Crippen molar-refractivity contribution in [2.45, 2.75) is 32.3 Å². The summed E-state index contributed by atoms with van der Waals surface area (Å²) in [4.78, 5) is 11.0. The molecule has 2 nitrogen and oxygen atoms in total. The maximum Gasteiger partial charge on any atom is 0.309 e. The number of esters is 1. The van der Waals surface area contributed by atoms with E-state index in [1.165, 1.54) is 0 Å². The maximum atomic E-state index is 11.0. The van der Waals surface area contributed by atoms with Gasteiger partial charge in [0.2, 0.25) is 0 Å². The molecule has 0 aromatic heterocycles. The van der Waals surface area contributed by atoms with Gasteiger partial charge >= 0.3 is 5.97 Å². The first-order chi connectivity index (χ1) is 4.77. The Balaban J connectivity index is 2.16. The highest BCUT2D eigenvalue weighted by atomic mass is 16.5. The van der Waals surface area contributed by atoms with Crippen molar-refractivity contribution in [3.63, 3.8) is 0 Å². The first-order valence-electron chi connectivity index (χ1n) is 3.98. The highest BCUT2D eigenvalue weighted by molar-refractivity contribution is 5.74. The molecule has 2 heterocycles. The molecule has 3 fully saturated rings. The van der Waals surface area contributed by atoms with E-state index in [4.69, 9.17) is 4.74 Å². The van der Waals surface area contributed by atoms with Gasteiger partial charge in [0.1, 0.15) is 6.10 Å². The fourth-order valence-corrected chi connectivity index (χ4v) is 2.00. The first-order valence-corrected chi connectivity index (χ1v) is 3.98. The van der Waals surface area contributed by atoms with Gasteiger partial charge in [-0.1, -0.05) is 6.92 Å². The summed E-state index contributed by atoms with van der Waals surface area (Å²) in [7, 11) is 0. The van der Waals surface area contributed by atoms with Gasteiger partial charge in [0.15, 0.2) is 0 Å². The molecule has 2 saturated heterocycles. The molecule has 10 heavy (non-hydrogen) atoms. The molecule has 2 bridgehead atoms. The van der Waals surface area contributed by atoms with Crippen LogP contribution in [0.15, 0.2) is 0 Å². The summed E-state index contributed by atoms with van der Waals surface area (Å²) in [6.45, 7) is 2.17. The van der Waals surface area contributed by atoms with Gasteiger partial charge < -0.3 is 4.74 Å². The summed E-state index contributed by atoms with van der Waals surface area (Å²) < 4.78 is 5.16. The second-order valence-corrected chi connectivity index (χ2v) is 3.46. The summed E-state index contributed by atoms with van der Waals surface area (Å²) in [6, 6.07) is 0. The predicted molar refractivity (Wildman–Crippen MR) is 36.4 cm³/mol. The lowest BCUT2D eigenvalue weighted by Crippen LogP contribution is -2.42. The topological polar surface area (TPSA) is 26.3 Å². The van der Waals surface area contributed by atoms with Crippen LogP contribution in [0.25, 0.3) is 0 Å². The van der Waals surface area contributed by atoms with E-state index < -0.39 is 0 Å². The highest BCUT2D eigenvalue weighted by Crippen LogP contribution is 2.37. The lowest BCUT2D eigenvalue weighted by molar-refractivity contribution is -0.174. The van der Waals surface area contributed by atoms with Crippen molar-refractivity contribution in [3.8, 4) is 0 Å². The molecule has 3 unspecified atom stereocenters. The number of fused-ring (bicyclic) bond motifs is 3. The van der Waals surface area contributed by atoms with Crippen LogP contribution in [0, 0.1) is 11.8 Å². The van der Waals surface area contributed by atoms with Crippen LogP contribution in [0.3, 0.4) is 0 Å². The van der Waals surface area contributed by atoms with Crippen LogP contribution in [0.2, 0.25) is 0 Å². The second-order valence-electron chi connectivity index (χ2n) is 3.46. The minimum Gasteiger partial charge on any atom is -0.462 e. The van der Waals surface area contributed by atoms with Gasteiger partial charge in [-0.15, -0.1) is 0 Å². The highest BCUT2D eigenvalue weighted by Gasteiger charge is 2.40. The van der Waals surface area contributed by atoms with E-state index in [0.29, 0.717) is 5.92 Å². The molecule has 0 spiro atoms. The molecule has 1 saturated carbocycles. The summed E-state index contributed by atoms with van der Waals surface area (Å²) in [5.41, 5.74) is 0. The molecule has 56 valence electrons. The smallest absolute Gasteiger partial charge is 0.309 e. The minimum atomic E-state index is 0.0503. The van der Waals surface area contributed by atoms with E-state index in [2.05, 4.69) is 6.92 Å². The molecule has 0 N–H and O–H groups in total. The number of hydrogen-bond acceptors (Lipinski definition) is 2. The monoisotopic (exact) mass is 140 g/mol. The molecular formula is C8H12O2. The van der Waals surface area contributed by atoms with Crippen LogP contribution in [0.5, 0.6) is 0 Å². The quantitative estimate of drug-likeness (QED) is 0.475. The molecule has 1 aliphatic carbocycles. The van der Waals surface area contributed by atoms with Crippen LogP contribution in [0.4, 0.5) is 0 Å². The zero-order chi connectivity index (χ0) is 7.14. The lowest BCUT2D eigenvalue weighted by Gasteiger charge is -2.39. The fraction of sp³-hybridized carbons (Fsp3) is 0.875. The minimum absolute atomic E-state index is 0.0503. The zero-order valence-corrected chi connectivity index (χ0v) is 6.17. The summed E-state index contributed by atoms with van der Waals surface area (Å²) >= 11 is 0. The summed E-state index contributed by atoms with van der Waals surface area (Å²) in [6.07, 6.45) is 3.46. The molecular weight excluding hydrogens is 128 g/mol. The molecule has 3 aliphatic rings. The van der Waals surface area contributed by atoms with Crippen LogP contribution in [-0.4, -0.2) is 12.1 Å². The van der Waals surface area contributed by atoms with Gasteiger partial charge in [0.05, 0.1) is 5.92 Å². The number of ether oxygens (including phenoxy) is 1. The Bertz CT molecular complexity index is 165. The van der Waals surface area contributed by atoms with Crippen LogP contribution in [0.1, 0.15) is 26.2 Å². The summed E-state index contributed by atoms with van der Waals surface area (Å²) in [5.74, 6) is 0.894. The average molecular weight is 140 g/mol. The van der Waals surface area contributed by atoms with E-state index in [-0.39, 0.29) is 18.0 Å². The molecule has 0 amide bonds. The van der Waals surface area contributed by atoms with Crippen molar-refractivity contribution in [2.75, 3.05) is 0 Å². The predicted octanol–water partition coefficient (Wildman–Crippen LogP) is 1.35. The van der Waals surface area contributed by atoms with Gasteiger partial charge in [-0.05, 0) is 25.2 Å². The van der Waals surface area contributed by atoms with Crippen molar-refractivity contribution < 1.29 is 9.53 Å². The second kappa shape index (κ2) is 1.97. The van der Waals surface area contributed by atoms with Crippen molar-refractivity contribution >= 4 is 5.97 Å². The Morgan fingerprint density at radius 3 is 2.60 bits per heavy atom. The Morgan fingerprint density at radius 2 is 2.30 bits per heavy atom. The molecule has 3 rings (SSSR count). The Kier molecular flexibility index (Phi) is 1.22. The SMILES string of the molecule is CC1CC2CCC1OC2=O. The van der Waals surface area contributed by atoms with Gasteiger partial charge in [-0.3, -0.25) is 4.79 Å². The molecule has 3 atom stereocenters. The Labute approximate surface area is 60.6 Å². The van der Waals surface area contributed by atoms with Crippen LogP contribution in [-0.2, 0) is 9.53 Å². The normalized spacial score (nSPS) is 45.3. The third kappa shape index (κ3) is 0.746. The number of rotatable bonds is 0. The largest absolute Gasteiger partial charge is 0.462 e. The summed E-state index contributed by atoms with van der Waals surface area (Å²) in [5, 5.41) is 0. The maximum absolute atomic E-state index is 11.0. The fourth-order valence-electron chi connectivity index (χ4n) is 2.00. The van der Waals surface area contributed by atoms with E-state index in [9.17, 15) is 4.79 Å². The van der Waals surface area contributed by atoms with Crippen LogP contribution >= 0.6 is 0 Å². The average Bonchev–Trinajstić information content (AvgIpc) is 1.91. The van der Waals surface area contributed by atoms with E-state index in [1.807, 2.05) is 0 Å². The third-order valence-electron chi connectivity index (χ3n) is 2.69. The number of hydrogen-bond donors (Lipinski definition) is 0. The standard InChI is InChI=1S/C8H12O2/c1-5-4-6-2-3-7(5)10-8(6)9/h5-7H,2-4H2,1H3. The van der Waals surface area contributed by atoms with E-state index in [0.717, 1.165) is 19.3 Å². The molecule has 2 heteroatoms. The molecule has 2 aliphatic heterocycles. The molecule has 0 aromatic rings. The first kappa shape index (κ1) is 6.20. The number of carbonyl (C=O) groups excluding carboxylic acids is 1. The van der Waals surface area contributed by atoms with Gasteiger partial charge in [-0.2, -0.15) is 0 Å². The van der Waals surface area contributed by atoms with Gasteiger partial charge in [-0.25, -0.2) is 0 Å². The van der Waals surface area contributed by atoms with E-state index >= 15 is 0 Å². The molecule has 0 aromatic carbocycles. The number of carbonyl (C=O) groups is 1. The lowest BCUT2D eigenvalue weighted by atomic mass is 9.78. The van der Waals surface area contributed by atoms with Crippen molar-refractivity contribution in [1.82, 2.24) is 0 Å². The van der Waals surface area contributed by atoms with Crippen molar-refractivity contribution in [3.05, 3.63) is 0 Å².